The molecule has 1 saturated heterocycles. The molecular weight excluding hydrogens is 378 g/mol. The van der Waals surface area contributed by atoms with Crippen LogP contribution in [0.5, 0.6) is 0 Å². The standard InChI is InChI=1S/C23H23N5S/c1-2-8-21-20(7-1)23(26-22(25-21)18-5-3-10-24-17-18)28-14-12-27(13-15-28)11-9-19-6-4-16-29-19/h1-8,10,16-17H,9,11-15H2. The third-order valence-electron chi connectivity index (χ3n) is 5.43. The minimum absolute atomic E-state index is 0.743. The van der Waals surface area contributed by atoms with Crippen LogP contribution in [0, 0.1) is 0 Å². The first-order valence-corrected chi connectivity index (χ1v) is 10.9. The van der Waals surface area contributed by atoms with Crippen molar-refractivity contribution in [2.45, 2.75) is 6.42 Å². The number of piperazine rings is 1. The highest BCUT2D eigenvalue weighted by Crippen LogP contribution is 2.28. The number of thiophene rings is 1. The summed E-state index contributed by atoms with van der Waals surface area (Å²) in [6.45, 7) is 5.22. The van der Waals surface area contributed by atoms with Gasteiger partial charge in [-0.15, -0.1) is 11.3 Å². The van der Waals surface area contributed by atoms with Gasteiger partial charge in [0.25, 0.3) is 0 Å². The molecule has 5 rings (SSSR count). The Kier molecular flexibility index (Phi) is 5.19. The van der Waals surface area contributed by atoms with E-state index in [2.05, 4.69) is 50.5 Å². The van der Waals surface area contributed by atoms with Gasteiger partial charge in [0.2, 0.25) is 0 Å². The van der Waals surface area contributed by atoms with Crippen molar-refractivity contribution in [2.75, 3.05) is 37.6 Å². The summed E-state index contributed by atoms with van der Waals surface area (Å²) in [5.41, 5.74) is 1.94. The highest BCUT2D eigenvalue weighted by atomic mass is 32.1. The van der Waals surface area contributed by atoms with Crippen LogP contribution in [0.4, 0.5) is 5.82 Å². The number of para-hydroxylation sites is 1. The number of fused-ring (bicyclic) bond motifs is 1. The van der Waals surface area contributed by atoms with E-state index in [1.807, 2.05) is 35.7 Å². The van der Waals surface area contributed by atoms with Crippen LogP contribution in [0.25, 0.3) is 22.3 Å². The normalized spacial score (nSPS) is 15.1. The monoisotopic (exact) mass is 401 g/mol. The maximum Gasteiger partial charge on any atom is 0.163 e. The number of rotatable bonds is 5. The van der Waals surface area contributed by atoms with Crippen molar-refractivity contribution in [1.82, 2.24) is 19.9 Å². The zero-order valence-corrected chi connectivity index (χ0v) is 17.1. The van der Waals surface area contributed by atoms with Crippen molar-refractivity contribution in [3.05, 3.63) is 71.2 Å². The Morgan fingerprint density at radius 3 is 2.59 bits per heavy atom. The predicted octanol–water partition coefficient (Wildman–Crippen LogP) is 4.12. The Morgan fingerprint density at radius 2 is 1.79 bits per heavy atom. The van der Waals surface area contributed by atoms with Crippen LogP contribution < -0.4 is 4.90 Å². The molecule has 0 saturated carbocycles. The van der Waals surface area contributed by atoms with Gasteiger partial charge in [0.05, 0.1) is 5.52 Å². The number of aromatic nitrogens is 3. The fourth-order valence-electron chi connectivity index (χ4n) is 3.83. The van der Waals surface area contributed by atoms with Crippen LogP contribution in [-0.4, -0.2) is 52.6 Å². The molecule has 0 radical (unpaired) electrons. The van der Waals surface area contributed by atoms with Gasteiger partial charge < -0.3 is 4.90 Å². The minimum atomic E-state index is 0.743. The molecule has 0 bridgehead atoms. The van der Waals surface area contributed by atoms with Crippen LogP contribution in [0.15, 0.2) is 66.3 Å². The summed E-state index contributed by atoms with van der Waals surface area (Å²) in [4.78, 5) is 20.4. The lowest BCUT2D eigenvalue weighted by atomic mass is 10.2. The third-order valence-corrected chi connectivity index (χ3v) is 6.37. The summed E-state index contributed by atoms with van der Waals surface area (Å²) < 4.78 is 0. The number of pyridine rings is 1. The fourth-order valence-corrected chi connectivity index (χ4v) is 4.53. The van der Waals surface area contributed by atoms with Gasteiger partial charge in [-0.1, -0.05) is 18.2 Å². The second-order valence-corrected chi connectivity index (χ2v) is 8.32. The highest BCUT2D eigenvalue weighted by Gasteiger charge is 2.21. The molecule has 1 aliphatic heterocycles. The summed E-state index contributed by atoms with van der Waals surface area (Å²) in [5.74, 6) is 1.78. The molecule has 1 aliphatic rings. The molecular formula is C23H23N5S. The third kappa shape index (κ3) is 3.99. The number of hydrogen-bond acceptors (Lipinski definition) is 6. The second kappa shape index (κ2) is 8.27. The zero-order valence-electron chi connectivity index (χ0n) is 16.2. The minimum Gasteiger partial charge on any atom is -0.353 e. The largest absolute Gasteiger partial charge is 0.353 e. The molecule has 29 heavy (non-hydrogen) atoms. The van der Waals surface area contributed by atoms with E-state index < -0.39 is 0 Å². The predicted molar refractivity (Wildman–Crippen MR) is 119 cm³/mol. The molecule has 0 spiro atoms. The van der Waals surface area contributed by atoms with E-state index in [4.69, 9.17) is 9.97 Å². The molecule has 0 N–H and O–H groups in total. The van der Waals surface area contributed by atoms with Crippen molar-refractivity contribution < 1.29 is 0 Å². The van der Waals surface area contributed by atoms with E-state index in [0.717, 1.165) is 67.3 Å². The lowest BCUT2D eigenvalue weighted by molar-refractivity contribution is 0.261. The number of nitrogens with zero attached hydrogens (tertiary/aromatic N) is 5. The van der Waals surface area contributed by atoms with E-state index in [-0.39, 0.29) is 0 Å². The van der Waals surface area contributed by atoms with Crippen molar-refractivity contribution >= 4 is 28.1 Å². The molecule has 0 aliphatic carbocycles. The summed E-state index contributed by atoms with van der Waals surface area (Å²) in [5, 5.41) is 3.28. The maximum absolute atomic E-state index is 4.96. The maximum atomic E-state index is 4.96. The van der Waals surface area contributed by atoms with E-state index >= 15 is 0 Å². The van der Waals surface area contributed by atoms with Gasteiger partial charge in [0.15, 0.2) is 5.82 Å². The van der Waals surface area contributed by atoms with Crippen LogP contribution in [-0.2, 0) is 6.42 Å². The lowest BCUT2D eigenvalue weighted by Gasteiger charge is -2.35. The first-order valence-electron chi connectivity index (χ1n) is 10.0. The molecule has 1 fully saturated rings. The summed E-state index contributed by atoms with van der Waals surface area (Å²) >= 11 is 1.85. The summed E-state index contributed by atoms with van der Waals surface area (Å²) in [7, 11) is 0. The Bertz CT molecular complexity index is 1070. The number of hydrogen-bond donors (Lipinski definition) is 0. The molecule has 0 atom stereocenters. The average Bonchev–Trinajstić information content (AvgIpc) is 3.32. The lowest BCUT2D eigenvalue weighted by Crippen LogP contribution is -2.47. The van der Waals surface area contributed by atoms with E-state index in [0.29, 0.717) is 0 Å². The van der Waals surface area contributed by atoms with Crippen LogP contribution in [0.2, 0.25) is 0 Å². The molecule has 6 heteroatoms. The van der Waals surface area contributed by atoms with Crippen LogP contribution >= 0.6 is 11.3 Å². The quantitative estimate of drug-likeness (QED) is 0.503. The highest BCUT2D eigenvalue weighted by molar-refractivity contribution is 7.09. The second-order valence-electron chi connectivity index (χ2n) is 7.29. The summed E-state index contributed by atoms with van der Waals surface area (Å²) in [6, 6.07) is 16.6. The SMILES string of the molecule is c1cncc(-c2nc(N3CCN(CCc4cccs4)CC3)c3ccccc3n2)c1. The van der Waals surface area contributed by atoms with Gasteiger partial charge >= 0.3 is 0 Å². The number of benzene rings is 1. The molecule has 5 nitrogen and oxygen atoms in total. The molecule has 4 aromatic rings. The summed E-state index contributed by atoms with van der Waals surface area (Å²) in [6.07, 6.45) is 4.75. The molecule has 146 valence electrons. The van der Waals surface area contributed by atoms with Gasteiger partial charge in [0.1, 0.15) is 5.82 Å². The Labute approximate surface area is 174 Å². The fraction of sp³-hybridized carbons (Fsp3) is 0.261. The van der Waals surface area contributed by atoms with Crippen LogP contribution in [0.3, 0.4) is 0 Å². The smallest absolute Gasteiger partial charge is 0.163 e. The van der Waals surface area contributed by atoms with Gasteiger partial charge in [-0.05, 0) is 42.1 Å². The Balaban J connectivity index is 1.37. The molecule has 0 unspecified atom stereocenters. The first kappa shape index (κ1) is 18.2. The average molecular weight is 402 g/mol. The van der Waals surface area contributed by atoms with Gasteiger partial charge in [-0.25, -0.2) is 9.97 Å². The molecule has 3 aromatic heterocycles. The zero-order chi connectivity index (χ0) is 19.5. The van der Waals surface area contributed by atoms with Gasteiger partial charge in [0, 0.05) is 60.9 Å². The van der Waals surface area contributed by atoms with Crippen molar-refractivity contribution in [3.63, 3.8) is 0 Å². The molecule has 4 heterocycles. The Hall–Kier alpha value is -2.83. The van der Waals surface area contributed by atoms with E-state index in [9.17, 15) is 0 Å². The number of anilines is 1. The van der Waals surface area contributed by atoms with Gasteiger partial charge in [-0.3, -0.25) is 9.88 Å². The first-order chi connectivity index (χ1) is 14.4. The van der Waals surface area contributed by atoms with Crippen molar-refractivity contribution in [1.29, 1.82) is 0 Å². The Morgan fingerprint density at radius 1 is 0.897 bits per heavy atom. The van der Waals surface area contributed by atoms with Crippen molar-refractivity contribution in [2.24, 2.45) is 0 Å². The topological polar surface area (TPSA) is 45.2 Å². The van der Waals surface area contributed by atoms with E-state index in [1.54, 1.807) is 6.20 Å². The van der Waals surface area contributed by atoms with Gasteiger partial charge in [-0.2, -0.15) is 0 Å². The molecule has 1 aromatic carbocycles. The van der Waals surface area contributed by atoms with E-state index in [1.165, 1.54) is 4.88 Å². The van der Waals surface area contributed by atoms with Crippen molar-refractivity contribution in [3.8, 4) is 11.4 Å². The molecule has 0 amide bonds. The van der Waals surface area contributed by atoms with Crippen LogP contribution in [0.1, 0.15) is 4.88 Å².